The van der Waals surface area contributed by atoms with Gasteiger partial charge < -0.3 is 0 Å². The number of rotatable bonds is 3. The van der Waals surface area contributed by atoms with Gasteiger partial charge in [-0.1, -0.05) is 72.7 Å². The lowest BCUT2D eigenvalue weighted by Crippen LogP contribution is -1.97. The minimum atomic E-state index is 0.151. The highest BCUT2D eigenvalue weighted by molar-refractivity contribution is 9.11. The van der Waals surface area contributed by atoms with Gasteiger partial charge in [-0.15, -0.1) is 0 Å². The van der Waals surface area contributed by atoms with Crippen molar-refractivity contribution in [2.45, 2.75) is 11.2 Å². The third-order valence-electron chi connectivity index (χ3n) is 2.69. The Morgan fingerprint density at radius 3 is 2.37 bits per heavy atom. The van der Waals surface area contributed by atoms with Crippen molar-refractivity contribution < 1.29 is 0 Å². The van der Waals surface area contributed by atoms with Crippen LogP contribution in [0.5, 0.6) is 0 Å². The summed E-state index contributed by atoms with van der Waals surface area (Å²) in [6.07, 6.45) is 0.801. The second-order valence-corrected chi connectivity index (χ2v) is 7.30. The van der Waals surface area contributed by atoms with Crippen LogP contribution in [0.25, 0.3) is 0 Å². The van der Waals surface area contributed by atoms with Crippen LogP contribution in [0.3, 0.4) is 0 Å². The zero-order chi connectivity index (χ0) is 14.0. The molecule has 0 saturated heterocycles. The Hall–Kier alpha value is 0.270. The van der Waals surface area contributed by atoms with Crippen LogP contribution in [0.1, 0.15) is 16.0 Å². The van der Waals surface area contributed by atoms with Gasteiger partial charge in [0.1, 0.15) is 0 Å². The summed E-state index contributed by atoms with van der Waals surface area (Å²) >= 11 is 25.2. The Morgan fingerprint density at radius 1 is 0.947 bits per heavy atom. The summed E-state index contributed by atoms with van der Waals surface area (Å²) in [6.45, 7) is 0. The van der Waals surface area contributed by atoms with Gasteiger partial charge in [0.05, 0.1) is 10.0 Å². The molecule has 0 saturated carbocycles. The van der Waals surface area contributed by atoms with Crippen molar-refractivity contribution in [2.75, 3.05) is 0 Å². The Morgan fingerprint density at radius 2 is 1.68 bits per heavy atom. The van der Waals surface area contributed by atoms with Crippen LogP contribution >= 0.6 is 66.7 Å². The molecular weight excluding hydrogens is 434 g/mol. The zero-order valence-corrected chi connectivity index (χ0v) is 15.1. The molecule has 5 heteroatoms. The first kappa shape index (κ1) is 15.7. The normalized spacial score (nSPS) is 12.5. The van der Waals surface area contributed by atoms with Gasteiger partial charge in [-0.25, -0.2) is 0 Å². The van der Waals surface area contributed by atoms with E-state index in [4.69, 9.17) is 34.8 Å². The van der Waals surface area contributed by atoms with Crippen molar-refractivity contribution in [3.8, 4) is 0 Å². The first-order valence-corrected chi connectivity index (χ1v) is 8.34. The van der Waals surface area contributed by atoms with E-state index in [2.05, 4.69) is 31.9 Å². The molecule has 0 aromatic heterocycles. The van der Waals surface area contributed by atoms with Crippen molar-refractivity contribution in [3.05, 3.63) is 67.1 Å². The van der Waals surface area contributed by atoms with Crippen LogP contribution in [0.15, 0.2) is 40.9 Å². The molecule has 0 aliphatic carbocycles. The summed E-state index contributed by atoms with van der Waals surface area (Å²) in [5.74, 6) is 0. The topological polar surface area (TPSA) is 0 Å². The molecule has 0 amide bonds. The Labute approximate surface area is 144 Å². The number of benzene rings is 2. The highest BCUT2D eigenvalue weighted by Crippen LogP contribution is 2.35. The van der Waals surface area contributed by atoms with E-state index in [1.54, 1.807) is 0 Å². The molecule has 0 radical (unpaired) electrons. The molecular formula is C14H9Br2Cl3. The Bertz CT molecular complexity index is 599. The molecule has 1 unspecified atom stereocenters. The zero-order valence-electron chi connectivity index (χ0n) is 9.64. The summed E-state index contributed by atoms with van der Waals surface area (Å²) in [4.78, 5) is 0.151. The SMILES string of the molecule is Clc1ccc(Br)c(C(Br)Cc2ccc(Cl)c(Cl)c2)c1. The first-order chi connectivity index (χ1) is 8.97. The van der Waals surface area contributed by atoms with Gasteiger partial charge in [-0.05, 0) is 47.9 Å². The van der Waals surface area contributed by atoms with Crippen LogP contribution in [0.4, 0.5) is 0 Å². The van der Waals surface area contributed by atoms with E-state index in [1.807, 2.05) is 36.4 Å². The van der Waals surface area contributed by atoms with Crippen molar-refractivity contribution in [2.24, 2.45) is 0 Å². The molecule has 0 nitrogen and oxygen atoms in total. The number of hydrogen-bond donors (Lipinski definition) is 0. The first-order valence-electron chi connectivity index (χ1n) is 5.50. The monoisotopic (exact) mass is 440 g/mol. The van der Waals surface area contributed by atoms with Crippen LogP contribution < -0.4 is 0 Å². The second-order valence-electron chi connectivity index (χ2n) is 4.09. The number of halogens is 5. The van der Waals surface area contributed by atoms with Crippen molar-refractivity contribution in [1.29, 1.82) is 0 Å². The van der Waals surface area contributed by atoms with Gasteiger partial charge in [0.2, 0.25) is 0 Å². The highest BCUT2D eigenvalue weighted by atomic mass is 79.9. The second kappa shape index (κ2) is 6.82. The summed E-state index contributed by atoms with van der Waals surface area (Å²) in [5, 5.41) is 1.86. The molecule has 0 fully saturated rings. The third kappa shape index (κ3) is 4.12. The lowest BCUT2D eigenvalue weighted by Gasteiger charge is -2.13. The molecule has 0 N–H and O–H groups in total. The standard InChI is InChI=1S/C14H9Br2Cl3/c15-11-3-2-9(17)7-10(11)12(16)5-8-1-4-13(18)14(19)6-8/h1-4,6-7,12H,5H2. The highest BCUT2D eigenvalue weighted by Gasteiger charge is 2.13. The maximum atomic E-state index is 6.03. The predicted octanol–water partition coefficient (Wildman–Crippen LogP) is 7.09. The molecule has 2 rings (SSSR count). The molecule has 0 aliphatic rings. The van der Waals surface area contributed by atoms with Crippen molar-refractivity contribution >= 4 is 66.7 Å². The largest absolute Gasteiger partial charge is 0.0843 e. The summed E-state index contributed by atoms with van der Waals surface area (Å²) in [7, 11) is 0. The molecule has 2 aromatic carbocycles. The van der Waals surface area contributed by atoms with E-state index in [1.165, 1.54) is 0 Å². The fraction of sp³-hybridized carbons (Fsp3) is 0.143. The van der Waals surface area contributed by atoms with Crippen molar-refractivity contribution in [1.82, 2.24) is 0 Å². The lowest BCUT2D eigenvalue weighted by molar-refractivity contribution is 0.943. The average molecular weight is 443 g/mol. The van der Waals surface area contributed by atoms with Gasteiger partial charge in [-0.3, -0.25) is 0 Å². The number of hydrogen-bond acceptors (Lipinski definition) is 0. The molecule has 0 aliphatic heterocycles. The van der Waals surface area contributed by atoms with Crippen LogP contribution in [-0.4, -0.2) is 0 Å². The number of alkyl halides is 1. The molecule has 2 aromatic rings. The fourth-order valence-corrected chi connectivity index (χ4v) is 3.82. The quantitative estimate of drug-likeness (QED) is 0.445. The van der Waals surface area contributed by atoms with E-state index in [0.29, 0.717) is 10.0 Å². The summed E-state index contributed by atoms with van der Waals surface area (Å²) in [5.41, 5.74) is 2.22. The van der Waals surface area contributed by atoms with Crippen molar-refractivity contribution in [3.63, 3.8) is 0 Å². The van der Waals surface area contributed by atoms with Gasteiger partial charge in [-0.2, -0.15) is 0 Å². The van der Waals surface area contributed by atoms with Crippen LogP contribution in [-0.2, 0) is 6.42 Å². The predicted molar refractivity (Wildman–Crippen MR) is 91.0 cm³/mol. The molecule has 100 valence electrons. The third-order valence-corrected chi connectivity index (χ3v) is 5.21. The van der Waals surface area contributed by atoms with Gasteiger partial charge in [0.25, 0.3) is 0 Å². The van der Waals surface area contributed by atoms with E-state index < -0.39 is 0 Å². The fourth-order valence-electron chi connectivity index (χ4n) is 1.74. The average Bonchev–Trinajstić information content (AvgIpc) is 2.36. The molecule has 19 heavy (non-hydrogen) atoms. The Balaban J connectivity index is 2.22. The molecule has 0 heterocycles. The minimum absolute atomic E-state index is 0.151. The lowest BCUT2D eigenvalue weighted by atomic mass is 10.0. The maximum Gasteiger partial charge on any atom is 0.0595 e. The smallest absolute Gasteiger partial charge is 0.0595 e. The summed E-state index contributed by atoms with van der Waals surface area (Å²) < 4.78 is 1.03. The van der Waals surface area contributed by atoms with E-state index >= 15 is 0 Å². The van der Waals surface area contributed by atoms with Gasteiger partial charge >= 0.3 is 0 Å². The summed E-state index contributed by atoms with van der Waals surface area (Å²) in [6, 6.07) is 11.4. The molecule has 0 bridgehead atoms. The Kier molecular flexibility index (Phi) is 5.62. The van der Waals surface area contributed by atoms with E-state index in [9.17, 15) is 0 Å². The van der Waals surface area contributed by atoms with Gasteiger partial charge in [0.15, 0.2) is 0 Å². The van der Waals surface area contributed by atoms with Crippen LogP contribution in [0, 0.1) is 0 Å². The minimum Gasteiger partial charge on any atom is -0.0843 e. The van der Waals surface area contributed by atoms with Gasteiger partial charge in [0, 0.05) is 14.3 Å². The maximum absolute atomic E-state index is 6.03. The van der Waals surface area contributed by atoms with E-state index in [0.717, 1.165) is 27.0 Å². The van der Waals surface area contributed by atoms with E-state index in [-0.39, 0.29) is 4.83 Å². The molecule has 0 spiro atoms. The molecule has 1 atom stereocenters. The van der Waals surface area contributed by atoms with Crippen LogP contribution in [0.2, 0.25) is 15.1 Å².